The van der Waals surface area contributed by atoms with E-state index in [0.717, 1.165) is 44.0 Å². The number of benzene rings is 2. The molecule has 6 nitrogen and oxygen atoms in total. The number of rotatable bonds is 7. The Bertz CT molecular complexity index is 925. The number of carbonyl (C=O) groups is 2. The molecule has 0 radical (unpaired) electrons. The molecular formula is C27H37N3O3. The topological polar surface area (TPSA) is 61.9 Å². The molecule has 6 heteroatoms. The molecule has 0 aliphatic carbocycles. The number of nitrogens with one attached hydrogen (secondary N) is 1. The molecule has 178 valence electrons. The Kier molecular flexibility index (Phi) is 8.01. The Hall–Kier alpha value is -3.02. The van der Waals surface area contributed by atoms with Crippen LogP contribution in [0.15, 0.2) is 48.5 Å². The van der Waals surface area contributed by atoms with Crippen molar-refractivity contribution in [3.63, 3.8) is 0 Å². The van der Waals surface area contributed by atoms with Crippen molar-refractivity contribution in [3.05, 3.63) is 54.1 Å². The normalized spacial score (nSPS) is 15.2. The summed E-state index contributed by atoms with van der Waals surface area (Å²) in [5, 5.41) is 2.88. The second-order valence-electron chi connectivity index (χ2n) is 9.79. The van der Waals surface area contributed by atoms with E-state index in [-0.39, 0.29) is 23.8 Å². The van der Waals surface area contributed by atoms with Crippen LogP contribution >= 0.6 is 0 Å². The van der Waals surface area contributed by atoms with Gasteiger partial charge in [0.1, 0.15) is 5.75 Å². The summed E-state index contributed by atoms with van der Waals surface area (Å²) in [6.07, 6.45) is 1.09. The van der Waals surface area contributed by atoms with E-state index in [0.29, 0.717) is 11.7 Å². The Morgan fingerprint density at radius 1 is 0.970 bits per heavy atom. The fourth-order valence-corrected chi connectivity index (χ4v) is 3.87. The maximum atomic E-state index is 12.5. The van der Waals surface area contributed by atoms with Crippen LogP contribution in [0.5, 0.6) is 5.75 Å². The van der Waals surface area contributed by atoms with E-state index in [9.17, 15) is 9.59 Å². The first-order chi connectivity index (χ1) is 15.7. The first kappa shape index (κ1) is 24.6. The number of nitrogens with zero attached hydrogens (tertiary/aromatic N) is 2. The molecule has 1 heterocycles. The lowest BCUT2D eigenvalue weighted by Crippen LogP contribution is -2.51. The Morgan fingerprint density at radius 2 is 1.58 bits per heavy atom. The SMILES string of the molecule is CC[C@H](C)c1ccc(OCC(=O)Nc2ccc(N3CCN(C(=O)C(C)(C)C)CC3)cc2)cc1. The summed E-state index contributed by atoms with van der Waals surface area (Å²) in [5.41, 5.74) is 2.76. The first-order valence-corrected chi connectivity index (χ1v) is 11.8. The average Bonchev–Trinajstić information content (AvgIpc) is 2.82. The number of hydrogen-bond donors (Lipinski definition) is 1. The van der Waals surface area contributed by atoms with Crippen LogP contribution in [0.4, 0.5) is 11.4 Å². The Balaban J connectivity index is 1.46. The van der Waals surface area contributed by atoms with E-state index in [1.165, 1.54) is 5.56 Å². The fourth-order valence-electron chi connectivity index (χ4n) is 3.87. The summed E-state index contributed by atoms with van der Waals surface area (Å²) >= 11 is 0. The second-order valence-corrected chi connectivity index (χ2v) is 9.79. The molecule has 0 spiro atoms. The molecule has 2 aromatic rings. The van der Waals surface area contributed by atoms with Crippen molar-refractivity contribution in [3.8, 4) is 5.75 Å². The molecule has 1 atom stereocenters. The van der Waals surface area contributed by atoms with E-state index in [1.807, 2.05) is 62.1 Å². The van der Waals surface area contributed by atoms with Crippen molar-refractivity contribution in [1.82, 2.24) is 4.90 Å². The van der Waals surface area contributed by atoms with Gasteiger partial charge in [-0.05, 0) is 54.3 Å². The van der Waals surface area contributed by atoms with Gasteiger partial charge in [-0.2, -0.15) is 0 Å². The maximum absolute atomic E-state index is 12.5. The van der Waals surface area contributed by atoms with Gasteiger partial charge >= 0.3 is 0 Å². The third kappa shape index (κ3) is 6.73. The quantitative estimate of drug-likeness (QED) is 0.650. The molecule has 1 N–H and O–H groups in total. The van der Waals surface area contributed by atoms with Gasteiger partial charge in [-0.1, -0.05) is 46.8 Å². The van der Waals surface area contributed by atoms with Crippen LogP contribution in [0.25, 0.3) is 0 Å². The van der Waals surface area contributed by atoms with Crippen LogP contribution in [0.2, 0.25) is 0 Å². The van der Waals surface area contributed by atoms with E-state index < -0.39 is 0 Å². The number of ether oxygens (including phenoxy) is 1. The Labute approximate surface area is 197 Å². The zero-order valence-corrected chi connectivity index (χ0v) is 20.6. The van der Waals surface area contributed by atoms with Gasteiger partial charge in [-0.15, -0.1) is 0 Å². The summed E-state index contributed by atoms with van der Waals surface area (Å²) in [6, 6.07) is 15.8. The van der Waals surface area contributed by atoms with E-state index in [4.69, 9.17) is 4.74 Å². The lowest BCUT2D eigenvalue weighted by atomic mass is 9.94. The molecule has 1 aliphatic rings. The first-order valence-electron chi connectivity index (χ1n) is 11.8. The maximum Gasteiger partial charge on any atom is 0.262 e. The molecule has 3 rings (SSSR count). The number of piperazine rings is 1. The van der Waals surface area contributed by atoms with Gasteiger partial charge in [0.05, 0.1) is 0 Å². The highest BCUT2D eigenvalue weighted by molar-refractivity contribution is 5.92. The van der Waals surface area contributed by atoms with Crippen LogP contribution in [0, 0.1) is 5.41 Å². The fraction of sp³-hybridized carbons (Fsp3) is 0.481. The molecule has 0 saturated carbocycles. The number of amides is 2. The monoisotopic (exact) mass is 451 g/mol. The summed E-state index contributed by atoms with van der Waals surface area (Å²) in [6.45, 7) is 13.3. The highest BCUT2D eigenvalue weighted by atomic mass is 16.5. The summed E-state index contributed by atoms with van der Waals surface area (Å²) in [4.78, 5) is 29.0. The van der Waals surface area contributed by atoms with Crippen molar-refractivity contribution in [1.29, 1.82) is 0 Å². The highest BCUT2D eigenvalue weighted by Gasteiger charge is 2.29. The molecule has 2 aromatic carbocycles. The van der Waals surface area contributed by atoms with Crippen molar-refractivity contribution in [2.75, 3.05) is 43.0 Å². The third-order valence-electron chi connectivity index (χ3n) is 6.16. The summed E-state index contributed by atoms with van der Waals surface area (Å²) in [5.74, 6) is 1.22. The molecule has 0 bridgehead atoms. The minimum Gasteiger partial charge on any atom is -0.484 e. The minimum absolute atomic E-state index is 0.0335. The summed E-state index contributed by atoms with van der Waals surface area (Å²) < 4.78 is 5.63. The molecule has 2 amide bonds. The van der Waals surface area contributed by atoms with Gasteiger partial charge in [0.25, 0.3) is 5.91 Å². The lowest BCUT2D eigenvalue weighted by molar-refractivity contribution is -0.139. The van der Waals surface area contributed by atoms with Gasteiger partial charge in [0.2, 0.25) is 5.91 Å². The van der Waals surface area contributed by atoms with Crippen LogP contribution in [0.3, 0.4) is 0 Å². The molecule has 33 heavy (non-hydrogen) atoms. The molecule has 0 unspecified atom stereocenters. The molecule has 0 aromatic heterocycles. The summed E-state index contributed by atoms with van der Waals surface area (Å²) in [7, 11) is 0. The van der Waals surface area contributed by atoms with Crippen LogP contribution in [0.1, 0.15) is 52.5 Å². The predicted octanol–water partition coefficient (Wildman–Crippen LogP) is 4.91. The van der Waals surface area contributed by atoms with Gasteiger partial charge in [-0.3, -0.25) is 9.59 Å². The predicted molar refractivity (Wildman–Crippen MR) is 134 cm³/mol. The molecule has 1 fully saturated rings. The van der Waals surface area contributed by atoms with E-state index >= 15 is 0 Å². The van der Waals surface area contributed by atoms with Crippen molar-refractivity contribution < 1.29 is 14.3 Å². The standard InChI is InChI=1S/C27H37N3O3/c1-6-20(2)21-7-13-24(14-8-21)33-19-25(31)28-22-9-11-23(12-10-22)29-15-17-30(18-16-29)26(32)27(3,4)5/h7-14,20H,6,15-19H2,1-5H3,(H,28,31)/t20-/m0/s1. The largest absolute Gasteiger partial charge is 0.484 e. The van der Waals surface area contributed by atoms with Crippen molar-refractivity contribution >= 4 is 23.2 Å². The number of hydrogen-bond acceptors (Lipinski definition) is 4. The van der Waals surface area contributed by atoms with Crippen LogP contribution < -0.4 is 15.0 Å². The number of anilines is 2. The smallest absolute Gasteiger partial charge is 0.262 e. The number of carbonyl (C=O) groups excluding carboxylic acids is 2. The van der Waals surface area contributed by atoms with Crippen molar-refractivity contribution in [2.24, 2.45) is 5.41 Å². The van der Waals surface area contributed by atoms with Crippen LogP contribution in [-0.2, 0) is 9.59 Å². The van der Waals surface area contributed by atoms with Gasteiger partial charge in [-0.25, -0.2) is 0 Å². The van der Waals surface area contributed by atoms with E-state index in [1.54, 1.807) is 0 Å². The van der Waals surface area contributed by atoms with Crippen LogP contribution in [-0.4, -0.2) is 49.5 Å². The van der Waals surface area contributed by atoms with Crippen molar-refractivity contribution in [2.45, 2.75) is 47.0 Å². The lowest BCUT2D eigenvalue weighted by Gasteiger charge is -2.38. The van der Waals surface area contributed by atoms with Gasteiger partial charge in [0.15, 0.2) is 6.61 Å². The molecule has 1 aliphatic heterocycles. The van der Waals surface area contributed by atoms with E-state index in [2.05, 4.69) is 36.2 Å². The molecular weight excluding hydrogens is 414 g/mol. The van der Waals surface area contributed by atoms with Gasteiger partial charge < -0.3 is 19.9 Å². The third-order valence-corrected chi connectivity index (χ3v) is 6.16. The van der Waals surface area contributed by atoms with Gasteiger partial charge in [0, 0.05) is 43.0 Å². The zero-order chi connectivity index (χ0) is 24.0. The second kappa shape index (κ2) is 10.7. The average molecular weight is 452 g/mol. The molecule has 1 saturated heterocycles. The highest BCUT2D eigenvalue weighted by Crippen LogP contribution is 2.23. The minimum atomic E-state index is -0.344. The Morgan fingerprint density at radius 3 is 2.12 bits per heavy atom. The zero-order valence-electron chi connectivity index (χ0n) is 20.6.